The Hall–Kier alpha value is -1.51. The van der Waals surface area contributed by atoms with Crippen molar-refractivity contribution in [3.63, 3.8) is 0 Å². The average Bonchev–Trinajstić information content (AvgIpc) is 2.03. The maximum atomic E-state index is 12.9. The minimum absolute atomic E-state index is 0.0144. The van der Waals surface area contributed by atoms with Gasteiger partial charge >= 0.3 is 0 Å². The van der Waals surface area contributed by atoms with Gasteiger partial charge in [-0.25, -0.2) is 4.98 Å². The van der Waals surface area contributed by atoms with Crippen LogP contribution in [0, 0.1) is 5.95 Å². The van der Waals surface area contributed by atoms with Crippen molar-refractivity contribution in [2.24, 2.45) is 0 Å². The lowest BCUT2D eigenvalue weighted by Crippen LogP contribution is -2.00. The van der Waals surface area contributed by atoms with Gasteiger partial charge in [-0.1, -0.05) is 6.58 Å². The molecule has 0 bridgehead atoms. The molecule has 62 valence electrons. The lowest BCUT2D eigenvalue weighted by atomic mass is 10.2. The summed E-state index contributed by atoms with van der Waals surface area (Å²) in [6.45, 7) is 4.73. The molecule has 0 unspecified atom stereocenters. The zero-order valence-electron chi connectivity index (χ0n) is 6.67. The normalized spacial score (nSPS) is 9.50. The molecule has 0 fully saturated rings. The van der Waals surface area contributed by atoms with E-state index in [1.54, 1.807) is 6.07 Å². The molecule has 3 heteroatoms. The molecule has 1 heterocycles. The van der Waals surface area contributed by atoms with E-state index >= 15 is 0 Å². The van der Waals surface area contributed by atoms with Crippen molar-refractivity contribution in [1.82, 2.24) is 4.98 Å². The quantitative estimate of drug-likeness (QED) is 0.496. The standard InChI is InChI=1S/C9H8FNO/c1-3-7-4-5-8(6(2)12)9(10)11-7/h3-5H,1H2,2H3. The van der Waals surface area contributed by atoms with Gasteiger partial charge in [-0.2, -0.15) is 4.39 Å². The number of pyridine rings is 1. The molecule has 0 aliphatic heterocycles. The molecule has 0 saturated carbocycles. The molecular weight excluding hydrogens is 157 g/mol. The summed E-state index contributed by atoms with van der Waals surface area (Å²) in [7, 11) is 0. The molecule has 0 aliphatic carbocycles. The smallest absolute Gasteiger partial charge is 0.224 e. The van der Waals surface area contributed by atoms with E-state index < -0.39 is 5.95 Å². The van der Waals surface area contributed by atoms with Crippen molar-refractivity contribution in [3.05, 3.63) is 35.9 Å². The zero-order chi connectivity index (χ0) is 9.14. The maximum absolute atomic E-state index is 12.9. The molecule has 12 heavy (non-hydrogen) atoms. The van der Waals surface area contributed by atoms with E-state index in [9.17, 15) is 9.18 Å². The van der Waals surface area contributed by atoms with Gasteiger partial charge in [0, 0.05) is 0 Å². The molecule has 0 aromatic carbocycles. The summed E-state index contributed by atoms with van der Waals surface area (Å²) in [6.07, 6.45) is 1.42. The van der Waals surface area contributed by atoms with E-state index in [1.807, 2.05) is 0 Å². The Morgan fingerprint density at radius 1 is 1.67 bits per heavy atom. The van der Waals surface area contributed by atoms with Crippen molar-refractivity contribution in [1.29, 1.82) is 0 Å². The van der Waals surface area contributed by atoms with Crippen LogP contribution < -0.4 is 0 Å². The number of carbonyl (C=O) groups is 1. The van der Waals surface area contributed by atoms with Crippen molar-refractivity contribution in [2.75, 3.05) is 0 Å². The van der Waals surface area contributed by atoms with Gasteiger partial charge in [-0.15, -0.1) is 0 Å². The Balaban J connectivity index is 3.20. The third-order valence-corrected chi connectivity index (χ3v) is 1.46. The first-order chi connectivity index (χ1) is 5.65. The van der Waals surface area contributed by atoms with Crippen molar-refractivity contribution in [2.45, 2.75) is 6.92 Å². The summed E-state index contributed by atoms with van der Waals surface area (Å²) in [5, 5.41) is 0. The van der Waals surface area contributed by atoms with E-state index in [2.05, 4.69) is 11.6 Å². The third-order valence-electron chi connectivity index (χ3n) is 1.46. The Bertz CT molecular complexity index is 333. The van der Waals surface area contributed by atoms with Crippen LogP contribution in [0.5, 0.6) is 0 Å². The number of hydrogen-bond acceptors (Lipinski definition) is 2. The van der Waals surface area contributed by atoms with E-state index in [4.69, 9.17) is 0 Å². The summed E-state index contributed by atoms with van der Waals surface area (Å²) in [6, 6.07) is 2.95. The monoisotopic (exact) mass is 165 g/mol. The summed E-state index contributed by atoms with van der Waals surface area (Å²) < 4.78 is 12.9. The summed E-state index contributed by atoms with van der Waals surface area (Å²) >= 11 is 0. The van der Waals surface area contributed by atoms with Crippen molar-refractivity contribution in [3.8, 4) is 0 Å². The molecule has 1 aromatic rings. The summed E-state index contributed by atoms with van der Waals surface area (Å²) in [5.74, 6) is -1.06. The lowest BCUT2D eigenvalue weighted by molar-refractivity contribution is 0.101. The Labute approximate surface area is 69.7 Å². The number of hydrogen-bond donors (Lipinski definition) is 0. The van der Waals surface area contributed by atoms with Crippen molar-refractivity contribution >= 4 is 11.9 Å². The van der Waals surface area contributed by atoms with Gasteiger partial charge in [0.25, 0.3) is 0 Å². The molecule has 0 saturated heterocycles. The second-order valence-electron chi connectivity index (χ2n) is 2.33. The van der Waals surface area contributed by atoms with Crippen LogP contribution in [0.25, 0.3) is 6.08 Å². The number of nitrogens with zero attached hydrogens (tertiary/aromatic N) is 1. The third kappa shape index (κ3) is 1.56. The van der Waals surface area contributed by atoms with Gasteiger partial charge in [0.15, 0.2) is 5.78 Å². The minimum Gasteiger partial charge on any atom is -0.294 e. The van der Waals surface area contributed by atoms with Crippen LogP contribution in [0.2, 0.25) is 0 Å². The average molecular weight is 165 g/mol. The zero-order valence-corrected chi connectivity index (χ0v) is 6.67. The van der Waals surface area contributed by atoms with Gasteiger partial charge in [0.1, 0.15) is 0 Å². The maximum Gasteiger partial charge on any atom is 0.224 e. The van der Waals surface area contributed by atoms with Gasteiger partial charge in [-0.3, -0.25) is 4.79 Å². The van der Waals surface area contributed by atoms with Gasteiger partial charge in [0.05, 0.1) is 11.3 Å². The molecule has 0 N–H and O–H groups in total. The number of halogens is 1. The Morgan fingerprint density at radius 3 is 2.75 bits per heavy atom. The van der Waals surface area contributed by atoms with E-state index in [1.165, 1.54) is 19.1 Å². The van der Waals surface area contributed by atoms with Crippen LogP contribution in [0.4, 0.5) is 4.39 Å². The lowest BCUT2D eigenvalue weighted by Gasteiger charge is -1.97. The van der Waals surface area contributed by atoms with Gasteiger partial charge in [0.2, 0.25) is 5.95 Å². The molecule has 0 radical (unpaired) electrons. The highest BCUT2D eigenvalue weighted by Crippen LogP contribution is 2.07. The van der Waals surface area contributed by atoms with Crippen LogP contribution in [-0.2, 0) is 0 Å². The van der Waals surface area contributed by atoms with Gasteiger partial charge < -0.3 is 0 Å². The molecule has 1 aromatic heterocycles. The fourth-order valence-electron chi connectivity index (χ4n) is 0.825. The molecule has 1 rings (SSSR count). The second-order valence-corrected chi connectivity index (χ2v) is 2.33. The van der Waals surface area contributed by atoms with E-state index in [0.717, 1.165) is 0 Å². The Morgan fingerprint density at radius 2 is 2.33 bits per heavy atom. The van der Waals surface area contributed by atoms with Crippen LogP contribution >= 0.6 is 0 Å². The molecule has 0 spiro atoms. The molecule has 0 atom stereocenters. The second kappa shape index (κ2) is 3.26. The molecule has 0 amide bonds. The highest BCUT2D eigenvalue weighted by atomic mass is 19.1. The number of Topliss-reactive ketones (excluding diaryl/α,β-unsaturated/α-hetero) is 1. The number of carbonyl (C=O) groups excluding carboxylic acids is 1. The summed E-state index contributed by atoms with van der Waals surface area (Å²) in [4.78, 5) is 14.3. The van der Waals surface area contributed by atoms with Crippen LogP contribution in [0.3, 0.4) is 0 Å². The highest BCUT2D eigenvalue weighted by Gasteiger charge is 2.07. The fourth-order valence-corrected chi connectivity index (χ4v) is 0.825. The van der Waals surface area contributed by atoms with E-state index in [0.29, 0.717) is 5.69 Å². The first kappa shape index (κ1) is 8.59. The first-order valence-electron chi connectivity index (χ1n) is 3.45. The largest absolute Gasteiger partial charge is 0.294 e. The van der Waals surface area contributed by atoms with Crippen LogP contribution in [-0.4, -0.2) is 10.8 Å². The highest BCUT2D eigenvalue weighted by molar-refractivity contribution is 5.94. The molecule has 0 aliphatic rings. The fraction of sp³-hybridized carbons (Fsp3) is 0.111. The van der Waals surface area contributed by atoms with E-state index in [-0.39, 0.29) is 11.3 Å². The number of aromatic nitrogens is 1. The Kier molecular flexibility index (Phi) is 2.33. The molecule has 2 nitrogen and oxygen atoms in total. The predicted octanol–water partition coefficient (Wildman–Crippen LogP) is 2.07. The first-order valence-corrected chi connectivity index (χ1v) is 3.45. The van der Waals surface area contributed by atoms with Crippen LogP contribution in [0.15, 0.2) is 18.7 Å². The van der Waals surface area contributed by atoms with Gasteiger partial charge in [-0.05, 0) is 25.1 Å². The molecular formula is C9H8FNO. The SMILES string of the molecule is C=Cc1ccc(C(C)=O)c(F)n1. The summed E-state index contributed by atoms with van der Waals surface area (Å²) in [5.41, 5.74) is 0.443. The van der Waals surface area contributed by atoms with Crippen LogP contribution in [0.1, 0.15) is 23.0 Å². The van der Waals surface area contributed by atoms with Crippen molar-refractivity contribution < 1.29 is 9.18 Å². The predicted molar refractivity (Wildman–Crippen MR) is 44.3 cm³/mol. The minimum atomic E-state index is -0.736. The number of ketones is 1. The number of rotatable bonds is 2. The topological polar surface area (TPSA) is 30.0 Å².